The van der Waals surface area contributed by atoms with Gasteiger partial charge in [0.2, 0.25) is 0 Å². The Morgan fingerprint density at radius 3 is 1.30 bits per heavy atom. The first-order valence-corrected chi connectivity index (χ1v) is 16.5. The molecule has 8 heteroatoms. The molecule has 0 bridgehead atoms. The molecule has 0 saturated carbocycles. The summed E-state index contributed by atoms with van der Waals surface area (Å²) in [6.07, 6.45) is 1.96. The van der Waals surface area contributed by atoms with Crippen LogP contribution in [0, 0.1) is 0 Å². The van der Waals surface area contributed by atoms with Crippen LogP contribution < -0.4 is 0 Å². The van der Waals surface area contributed by atoms with Crippen LogP contribution in [0.1, 0.15) is 86.0 Å². The summed E-state index contributed by atoms with van der Waals surface area (Å²) in [5, 5.41) is 4.38. The third kappa shape index (κ3) is 7.51. The van der Waals surface area contributed by atoms with Crippen LogP contribution >= 0.6 is 23.2 Å². The Balaban J connectivity index is 1.20. The summed E-state index contributed by atoms with van der Waals surface area (Å²) in [7, 11) is 0. The number of pyridine rings is 2. The average molecular weight is 658 g/mol. The normalized spacial score (nSPS) is 12.7. The van der Waals surface area contributed by atoms with Crippen LogP contribution in [0.5, 0.6) is 0 Å². The van der Waals surface area contributed by atoms with Crippen molar-refractivity contribution >= 4 is 56.7 Å². The molecule has 0 aliphatic heterocycles. The third-order valence-electron chi connectivity index (χ3n) is 8.63. The van der Waals surface area contributed by atoms with Crippen molar-refractivity contribution in [2.24, 2.45) is 0 Å². The molecular weight excluding hydrogens is 619 g/mol. The van der Waals surface area contributed by atoms with E-state index in [1.807, 2.05) is 72.8 Å². The molecule has 0 spiro atoms. The maximum atomic E-state index is 13.0. The molecule has 2 atom stereocenters. The first-order valence-electron chi connectivity index (χ1n) is 15.7. The van der Waals surface area contributed by atoms with Gasteiger partial charge in [-0.3, -0.25) is 9.59 Å². The van der Waals surface area contributed by atoms with Gasteiger partial charge in [-0.25, -0.2) is 9.97 Å². The quantitative estimate of drug-likeness (QED) is 0.0982. The minimum absolute atomic E-state index is 0.107. The van der Waals surface area contributed by atoms with Crippen molar-refractivity contribution in [2.75, 3.05) is 0 Å². The SMILES string of the molecule is CC[C@H](C)c1nc(Cl)c2ccccc2c1CC(=O)OCc1ccc(COC(=O)Cc2c([C@@H](C)CC)nc(Cl)c3ccccc23)cc1. The molecule has 2 aromatic heterocycles. The fourth-order valence-corrected chi connectivity index (χ4v) is 6.13. The van der Waals surface area contributed by atoms with Crippen molar-refractivity contribution in [3.8, 4) is 0 Å². The van der Waals surface area contributed by atoms with Crippen molar-refractivity contribution in [3.05, 3.63) is 117 Å². The minimum atomic E-state index is -0.335. The van der Waals surface area contributed by atoms with Crippen molar-refractivity contribution in [3.63, 3.8) is 0 Å². The fourth-order valence-electron chi connectivity index (χ4n) is 5.62. The zero-order valence-electron chi connectivity index (χ0n) is 26.6. The lowest BCUT2D eigenvalue weighted by Crippen LogP contribution is -2.13. The van der Waals surface area contributed by atoms with E-state index in [-0.39, 0.29) is 49.8 Å². The monoisotopic (exact) mass is 656 g/mol. The van der Waals surface area contributed by atoms with Gasteiger partial charge in [0.1, 0.15) is 23.5 Å². The number of benzene rings is 3. The fraction of sp³-hybridized carbons (Fsp3) is 0.316. The Labute approximate surface area is 280 Å². The van der Waals surface area contributed by atoms with Gasteiger partial charge < -0.3 is 9.47 Å². The number of nitrogens with zero attached hydrogens (tertiary/aromatic N) is 2. The molecule has 0 radical (unpaired) electrons. The number of carbonyl (C=O) groups excluding carboxylic acids is 2. The van der Waals surface area contributed by atoms with E-state index < -0.39 is 0 Å². The van der Waals surface area contributed by atoms with Gasteiger partial charge in [-0.2, -0.15) is 0 Å². The van der Waals surface area contributed by atoms with Crippen LogP contribution in [-0.2, 0) is 45.1 Å². The predicted molar refractivity (Wildman–Crippen MR) is 184 cm³/mol. The Morgan fingerprint density at radius 2 is 0.957 bits per heavy atom. The number of halogens is 2. The van der Waals surface area contributed by atoms with Gasteiger partial charge in [-0.05, 0) is 57.7 Å². The van der Waals surface area contributed by atoms with Gasteiger partial charge in [0.15, 0.2) is 0 Å². The van der Waals surface area contributed by atoms with Gasteiger partial charge in [0.25, 0.3) is 0 Å². The van der Waals surface area contributed by atoms with Crippen LogP contribution in [-0.4, -0.2) is 21.9 Å². The highest BCUT2D eigenvalue weighted by molar-refractivity contribution is 6.34. The highest BCUT2D eigenvalue weighted by Crippen LogP contribution is 2.34. The Hall–Kier alpha value is -4.00. The number of carbonyl (C=O) groups is 2. The summed E-state index contributed by atoms with van der Waals surface area (Å²) in [6.45, 7) is 8.61. The number of hydrogen-bond donors (Lipinski definition) is 0. The first-order chi connectivity index (χ1) is 22.2. The molecule has 0 N–H and O–H groups in total. The van der Waals surface area contributed by atoms with E-state index in [0.29, 0.717) is 10.3 Å². The van der Waals surface area contributed by atoms with E-state index in [1.165, 1.54) is 0 Å². The largest absolute Gasteiger partial charge is 0.461 e. The molecular formula is C38H38Cl2N2O4. The zero-order valence-corrected chi connectivity index (χ0v) is 28.1. The maximum absolute atomic E-state index is 13.0. The molecule has 0 fully saturated rings. The standard InChI is InChI=1S/C38H38Cl2N2O4/c1-5-23(3)35-31(27-11-7-9-13-29(27)37(39)41-35)19-33(43)45-21-25-15-17-26(18-16-25)22-46-34(44)20-32-28-12-8-10-14-30(28)38(40)42-36(32)24(4)6-2/h7-18,23-24H,5-6,19-22H2,1-4H3/t23-,24-/m0/s1. The number of rotatable bonds is 12. The van der Waals surface area contributed by atoms with Crippen LogP contribution in [0.3, 0.4) is 0 Å². The van der Waals surface area contributed by atoms with E-state index >= 15 is 0 Å². The van der Waals surface area contributed by atoms with Crippen molar-refractivity contribution in [1.29, 1.82) is 0 Å². The number of aromatic nitrogens is 2. The molecule has 0 saturated heterocycles. The second-order valence-corrected chi connectivity index (χ2v) is 12.5. The summed E-state index contributed by atoms with van der Waals surface area (Å²) in [5.74, 6) is -0.373. The van der Waals surface area contributed by atoms with E-state index in [0.717, 1.165) is 68.0 Å². The minimum Gasteiger partial charge on any atom is -0.461 e. The summed E-state index contributed by atoms with van der Waals surface area (Å²) < 4.78 is 11.3. The molecule has 5 aromatic rings. The highest BCUT2D eigenvalue weighted by atomic mass is 35.5. The number of hydrogen-bond acceptors (Lipinski definition) is 6. The van der Waals surface area contributed by atoms with Crippen molar-refractivity contribution in [1.82, 2.24) is 9.97 Å². The molecule has 5 rings (SSSR count). The van der Waals surface area contributed by atoms with Crippen molar-refractivity contribution in [2.45, 2.75) is 78.4 Å². The van der Waals surface area contributed by atoms with Gasteiger partial charge in [-0.1, -0.05) is 124 Å². The Kier molecular flexibility index (Phi) is 10.9. The molecule has 0 unspecified atom stereocenters. The molecule has 3 aromatic carbocycles. The molecule has 2 heterocycles. The molecule has 0 amide bonds. The maximum Gasteiger partial charge on any atom is 0.310 e. The molecule has 6 nitrogen and oxygen atoms in total. The van der Waals surface area contributed by atoms with Gasteiger partial charge in [-0.15, -0.1) is 0 Å². The van der Waals surface area contributed by atoms with Crippen LogP contribution in [0.15, 0.2) is 72.8 Å². The summed E-state index contributed by atoms with van der Waals surface area (Å²) >= 11 is 13.0. The highest BCUT2D eigenvalue weighted by Gasteiger charge is 2.21. The second kappa shape index (κ2) is 15.1. The summed E-state index contributed by atoms with van der Waals surface area (Å²) in [5.41, 5.74) is 5.05. The topological polar surface area (TPSA) is 78.4 Å². The van der Waals surface area contributed by atoms with Gasteiger partial charge in [0, 0.05) is 22.2 Å². The number of esters is 2. The van der Waals surface area contributed by atoms with E-state index in [2.05, 4.69) is 37.7 Å². The third-order valence-corrected chi connectivity index (χ3v) is 9.20. The second-order valence-electron chi connectivity index (χ2n) is 11.7. The van der Waals surface area contributed by atoms with Crippen molar-refractivity contribution < 1.29 is 19.1 Å². The van der Waals surface area contributed by atoms with E-state index in [1.54, 1.807) is 0 Å². The van der Waals surface area contributed by atoms with Crippen LogP contribution in [0.2, 0.25) is 10.3 Å². The van der Waals surface area contributed by atoms with Gasteiger partial charge in [0.05, 0.1) is 12.8 Å². The van der Waals surface area contributed by atoms with E-state index in [4.69, 9.17) is 32.7 Å². The summed E-state index contributed by atoms with van der Waals surface area (Å²) in [4.78, 5) is 35.3. The average Bonchev–Trinajstić information content (AvgIpc) is 3.08. The predicted octanol–water partition coefficient (Wildman–Crippen LogP) is 9.69. The van der Waals surface area contributed by atoms with Crippen LogP contribution in [0.25, 0.3) is 21.5 Å². The van der Waals surface area contributed by atoms with E-state index in [9.17, 15) is 9.59 Å². The number of fused-ring (bicyclic) bond motifs is 2. The lowest BCUT2D eigenvalue weighted by Gasteiger charge is -2.17. The lowest BCUT2D eigenvalue weighted by atomic mass is 9.93. The summed E-state index contributed by atoms with van der Waals surface area (Å²) in [6, 6.07) is 23.0. The smallest absolute Gasteiger partial charge is 0.310 e. The zero-order chi connectivity index (χ0) is 32.8. The van der Waals surface area contributed by atoms with Gasteiger partial charge >= 0.3 is 11.9 Å². The Morgan fingerprint density at radius 1 is 0.609 bits per heavy atom. The van der Waals surface area contributed by atoms with Crippen LogP contribution in [0.4, 0.5) is 0 Å². The first kappa shape index (κ1) is 33.4. The lowest BCUT2D eigenvalue weighted by molar-refractivity contribution is -0.145. The molecule has 0 aliphatic rings. The number of ether oxygens (including phenoxy) is 2. The molecule has 0 aliphatic carbocycles. The molecule has 238 valence electrons. The molecule has 46 heavy (non-hydrogen) atoms. The Bertz CT molecular complexity index is 1740.